The lowest BCUT2D eigenvalue weighted by molar-refractivity contribution is 0.0990. The number of likely N-dealkylation sites (N-methyl/N-ethyl adjacent to an activating group) is 1. The summed E-state index contributed by atoms with van der Waals surface area (Å²) in [7, 11) is 2.02. The van der Waals surface area contributed by atoms with Crippen LogP contribution in [0.5, 0.6) is 5.75 Å². The maximum atomic E-state index is 13.6. The van der Waals surface area contributed by atoms with E-state index in [1.807, 2.05) is 55.3 Å². The third kappa shape index (κ3) is 5.99. The van der Waals surface area contributed by atoms with E-state index >= 15 is 0 Å². The second-order valence-electron chi connectivity index (χ2n) is 9.60. The minimum atomic E-state index is -0.0431. The molecule has 1 aromatic heterocycles. The van der Waals surface area contributed by atoms with E-state index in [9.17, 15) is 4.79 Å². The van der Waals surface area contributed by atoms with Crippen LogP contribution in [0.25, 0.3) is 0 Å². The van der Waals surface area contributed by atoms with Crippen LogP contribution in [0.3, 0.4) is 0 Å². The van der Waals surface area contributed by atoms with Gasteiger partial charge in [-0.3, -0.25) is 4.79 Å². The number of hydrogen-bond acceptors (Lipinski definition) is 5. The number of rotatable bonds is 10. The smallest absolute Gasteiger partial charge is 0.262 e. The van der Waals surface area contributed by atoms with Crippen molar-refractivity contribution in [2.45, 2.75) is 46.1 Å². The van der Waals surface area contributed by atoms with Crippen molar-refractivity contribution >= 4 is 23.1 Å². The van der Waals surface area contributed by atoms with Crippen molar-refractivity contribution in [3.05, 3.63) is 78.0 Å². The molecule has 1 amide bonds. The molecule has 0 fully saturated rings. The van der Waals surface area contributed by atoms with Crippen LogP contribution in [0.4, 0.5) is 17.2 Å². The molecule has 0 spiro atoms. The predicted molar refractivity (Wildman–Crippen MR) is 148 cm³/mol. The molecule has 190 valence electrons. The van der Waals surface area contributed by atoms with E-state index in [4.69, 9.17) is 4.74 Å². The molecule has 1 N–H and O–H groups in total. The lowest BCUT2D eigenvalue weighted by Crippen LogP contribution is -2.33. The third-order valence-electron chi connectivity index (χ3n) is 6.98. The van der Waals surface area contributed by atoms with Gasteiger partial charge in [-0.25, -0.2) is 4.98 Å². The van der Waals surface area contributed by atoms with E-state index in [1.165, 1.54) is 5.56 Å². The van der Waals surface area contributed by atoms with Gasteiger partial charge in [0.2, 0.25) is 0 Å². The van der Waals surface area contributed by atoms with Crippen molar-refractivity contribution in [2.24, 2.45) is 5.92 Å². The molecule has 1 aliphatic rings. The van der Waals surface area contributed by atoms with Gasteiger partial charge in [-0.1, -0.05) is 56.7 Å². The number of carbonyl (C=O) groups excluding carboxylic acids is 1. The second-order valence-corrected chi connectivity index (χ2v) is 9.60. The van der Waals surface area contributed by atoms with Gasteiger partial charge in [0, 0.05) is 50.7 Å². The first-order valence-electron chi connectivity index (χ1n) is 13.1. The maximum absolute atomic E-state index is 13.6. The quantitative estimate of drug-likeness (QED) is 0.352. The van der Waals surface area contributed by atoms with Crippen LogP contribution in [0.15, 0.2) is 66.9 Å². The number of benzene rings is 2. The Morgan fingerprint density at radius 2 is 1.83 bits per heavy atom. The Morgan fingerprint density at radius 3 is 2.58 bits per heavy atom. The lowest BCUT2D eigenvalue weighted by atomic mass is 9.97. The molecule has 1 aliphatic heterocycles. The summed E-state index contributed by atoms with van der Waals surface area (Å²) in [5.41, 5.74) is 3.52. The van der Waals surface area contributed by atoms with E-state index in [0.717, 1.165) is 55.3 Å². The summed E-state index contributed by atoms with van der Waals surface area (Å²) in [6.07, 6.45) is 4.87. The zero-order valence-corrected chi connectivity index (χ0v) is 21.9. The predicted octanol–water partition coefficient (Wildman–Crippen LogP) is 6.56. The monoisotopic (exact) mass is 486 g/mol. The van der Waals surface area contributed by atoms with Crippen molar-refractivity contribution in [3.8, 4) is 5.75 Å². The molecular weight excluding hydrogens is 448 g/mol. The summed E-state index contributed by atoms with van der Waals surface area (Å²) in [5.74, 6) is 2.17. The van der Waals surface area contributed by atoms with Crippen LogP contribution >= 0.6 is 0 Å². The fourth-order valence-electron chi connectivity index (χ4n) is 4.56. The first-order chi connectivity index (χ1) is 17.5. The Bertz CT molecular complexity index is 1150. The summed E-state index contributed by atoms with van der Waals surface area (Å²) in [6.45, 7) is 8.64. The number of fused-ring (bicyclic) bond motifs is 1. The molecule has 0 aliphatic carbocycles. The highest BCUT2D eigenvalue weighted by molar-refractivity contribution is 6.10. The zero-order valence-electron chi connectivity index (χ0n) is 21.9. The van der Waals surface area contributed by atoms with E-state index < -0.39 is 0 Å². The molecule has 0 saturated heterocycles. The van der Waals surface area contributed by atoms with Gasteiger partial charge < -0.3 is 19.9 Å². The summed E-state index contributed by atoms with van der Waals surface area (Å²) in [5, 5.41) is 3.24. The highest BCUT2D eigenvalue weighted by Gasteiger charge is 2.27. The van der Waals surface area contributed by atoms with Gasteiger partial charge in [-0.05, 0) is 43.4 Å². The average molecular weight is 487 g/mol. The number of nitrogens with one attached hydrogen (secondary N) is 1. The molecule has 2 atom stereocenters. The minimum Gasteiger partial charge on any atom is -0.486 e. The van der Waals surface area contributed by atoms with Gasteiger partial charge in [0.25, 0.3) is 5.91 Å². The number of aromatic nitrogens is 1. The Morgan fingerprint density at radius 1 is 1.03 bits per heavy atom. The summed E-state index contributed by atoms with van der Waals surface area (Å²) in [4.78, 5) is 22.0. The van der Waals surface area contributed by atoms with Crippen molar-refractivity contribution in [3.63, 3.8) is 0 Å². The zero-order chi connectivity index (χ0) is 25.5. The first kappa shape index (κ1) is 25.5. The van der Waals surface area contributed by atoms with E-state index in [1.54, 1.807) is 6.20 Å². The molecule has 6 heteroatoms. The molecule has 2 aromatic carbocycles. The van der Waals surface area contributed by atoms with Crippen LogP contribution in [0.2, 0.25) is 0 Å². The number of pyridine rings is 1. The number of anilines is 3. The minimum absolute atomic E-state index is 0.0316. The fraction of sp³-hybridized carbons (Fsp3) is 0.400. The van der Waals surface area contributed by atoms with E-state index in [0.29, 0.717) is 18.0 Å². The number of nitrogens with zero attached hydrogens (tertiary/aromatic N) is 3. The molecule has 6 nitrogen and oxygen atoms in total. The van der Waals surface area contributed by atoms with Gasteiger partial charge in [-0.2, -0.15) is 0 Å². The van der Waals surface area contributed by atoms with Crippen LogP contribution in [-0.2, 0) is 0 Å². The highest BCUT2D eigenvalue weighted by Crippen LogP contribution is 2.33. The van der Waals surface area contributed by atoms with E-state index in [2.05, 4.69) is 53.3 Å². The van der Waals surface area contributed by atoms with Gasteiger partial charge >= 0.3 is 0 Å². The molecule has 2 unspecified atom stereocenters. The Balaban J connectivity index is 1.58. The Hall–Kier alpha value is -3.54. The SMILES string of the molecule is CCNc1cc2c(cn1)C(=O)N(c1cccc(OC(CCC(C)CC)c3ccccc3)c1)CCN2C. The van der Waals surface area contributed by atoms with Gasteiger partial charge in [-0.15, -0.1) is 0 Å². The highest BCUT2D eigenvalue weighted by atomic mass is 16.5. The van der Waals surface area contributed by atoms with Gasteiger partial charge in [0.05, 0.1) is 11.3 Å². The summed E-state index contributed by atoms with van der Waals surface area (Å²) >= 11 is 0. The average Bonchev–Trinajstić information content (AvgIpc) is 3.03. The van der Waals surface area contributed by atoms with Crippen LogP contribution in [0.1, 0.15) is 62.1 Å². The van der Waals surface area contributed by atoms with Crippen molar-refractivity contribution in [1.29, 1.82) is 0 Å². The lowest BCUT2D eigenvalue weighted by Gasteiger charge is -2.24. The van der Waals surface area contributed by atoms with Gasteiger partial charge in [0.15, 0.2) is 0 Å². The first-order valence-corrected chi connectivity index (χ1v) is 13.1. The Labute approximate surface area is 215 Å². The van der Waals surface area contributed by atoms with E-state index in [-0.39, 0.29) is 12.0 Å². The normalized spacial score (nSPS) is 15.2. The molecule has 0 saturated carbocycles. The standard InChI is InChI=1S/C30H38N4O2/c1-5-22(3)15-16-28(23-11-8-7-9-12-23)36-25-14-10-13-24(19-25)34-18-17-33(4)27-20-29(31-6-2)32-21-26(27)30(34)35/h7-14,19-22,28H,5-6,15-18H2,1-4H3,(H,31,32). The molecule has 36 heavy (non-hydrogen) atoms. The molecule has 2 heterocycles. The Kier molecular flexibility index (Phi) is 8.47. The molecule has 0 radical (unpaired) electrons. The molecule has 0 bridgehead atoms. The van der Waals surface area contributed by atoms with Crippen LogP contribution in [0, 0.1) is 5.92 Å². The van der Waals surface area contributed by atoms with Crippen molar-refractivity contribution in [2.75, 3.05) is 41.8 Å². The van der Waals surface area contributed by atoms with Gasteiger partial charge in [0.1, 0.15) is 17.7 Å². The second kappa shape index (κ2) is 11.9. The van der Waals surface area contributed by atoms with Crippen LogP contribution in [-0.4, -0.2) is 37.6 Å². The number of carbonyl (C=O) groups is 1. The summed E-state index contributed by atoms with van der Waals surface area (Å²) in [6, 6.07) is 20.3. The maximum Gasteiger partial charge on any atom is 0.262 e. The molecular formula is C30H38N4O2. The molecule has 4 rings (SSSR count). The number of hydrogen-bond donors (Lipinski definition) is 1. The topological polar surface area (TPSA) is 57.7 Å². The molecule has 3 aromatic rings. The van der Waals surface area contributed by atoms with Crippen molar-refractivity contribution < 1.29 is 9.53 Å². The van der Waals surface area contributed by atoms with Crippen molar-refractivity contribution in [1.82, 2.24) is 4.98 Å². The van der Waals surface area contributed by atoms with Crippen LogP contribution < -0.4 is 19.9 Å². The summed E-state index contributed by atoms with van der Waals surface area (Å²) < 4.78 is 6.56. The largest absolute Gasteiger partial charge is 0.486 e. The fourth-order valence-corrected chi connectivity index (χ4v) is 4.56. The number of amides is 1. The third-order valence-corrected chi connectivity index (χ3v) is 6.98. The number of ether oxygens (including phenoxy) is 1.